The van der Waals surface area contributed by atoms with E-state index in [4.69, 9.17) is 4.74 Å². The van der Waals surface area contributed by atoms with E-state index < -0.39 is 16.1 Å². The Morgan fingerprint density at radius 1 is 1.23 bits per heavy atom. The number of hydrogen-bond acceptors (Lipinski definition) is 6. The monoisotopic (exact) mass is 558 g/mol. The van der Waals surface area contributed by atoms with Gasteiger partial charge < -0.3 is 15.2 Å². The Morgan fingerprint density at radius 3 is 2.71 bits per heavy atom. The lowest BCUT2D eigenvalue weighted by atomic mass is 10.1. The summed E-state index contributed by atoms with van der Waals surface area (Å²) in [6.45, 7) is 5.55. The minimum atomic E-state index is -3.38. The van der Waals surface area contributed by atoms with Gasteiger partial charge in [-0.2, -0.15) is 5.10 Å². The summed E-state index contributed by atoms with van der Waals surface area (Å²) in [7, 11) is -3.38. The van der Waals surface area contributed by atoms with Gasteiger partial charge in [-0.15, -0.1) is 0 Å². The van der Waals surface area contributed by atoms with Crippen LogP contribution in [0.3, 0.4) is 0 Å². The molecule has 0 unspecified atom stereocenters. The van der Waals surface area contributed by atoms with Crippen LogP contribution in [0.5, 0.6) is 5.75 Å². The number of hydrogen-bond donors (Lipinski definition) is 4. The highest BCUT2D eigenvalue weighted by molar-refractivity contribution is 14.1. The first kappa shape index (κ1) is 23.8. The summed E-state index contributed by atoms with van der Waals surface area (Å²) in [5, 5.41) is 22.1. The number of ether oxygens (including phenoxy) is 1. The Morgan fingerprint density at radius 2 is 2.00 bits per heavy atom. The van der Waals surface area contributed by atoms with Crippen LogP contribution in [0.2, 0.25) is 0 Å². The van der Waals surface area contributed by atoms with E-state index in [1.165, 1.54) is 0 Å². The molecule has 168 valence electrons. The second kappa shape index (κ2) is 10.2. The predicted octanol–water partition coefficient (Wildman–Crippen LogP) is 3.36. The number of aliphatic hydroxyl groups is 1. The Balaban J connectivity index is 1.48. The van der Waals surface area contributed by atoms with Crippen LogP contribution >= 0.6 is 22.6 Å². The maximum atomic E-state index is 11.5. The van der Waals surface area contributed by atoms with Crippen LogP contribution in [0.15, 0.2) is 36.4 Å². The number of rotatable bonds is 10. The molecular formula is C21H27IN4O4S. The van der Waals surface area contributed by atoms with Crippen LogP contribution in [0, 0.1) is 3.57 Å². The summed E-state index contributed by atoms with van der Waals surface area (Å²) in [5.41, 5.74) is 3.08. The summed E-state index contributed by atoms with van der Waals surface area (Å²) in [6.07, 6.45) is 0.327. The van der Waals surface area contributed by atoms with Crippen molar-refractivity contribution in [2.45, 2.75) is 25.9 Å². The first-order valence-electron chi connectivity index (χ1n) is 9.91. The number of aromatic nitrogens is 2. The zero-order valence-electron chi connectivity index (χ0n) is 17.6. The van der Waals surface area contributed by atoms with E-state index in [1.54, 1.807) is 18.2 Å². The van der Waals surface area contributed by atoms with Crippen LogP contribution in [0.25, 0.3) is 10.9 Å². The van der Waals surface area contributed by atoms with Crippen molar-refractivity contribution in [2.75, 3.05) is 30.7 Å². The predicted molar refractivity (Wildman–Crippen MR) is 131 cm³/mol. The SMILES string of the molecule is CC(C)c1[nH]nc2cc(OCCNC[C@H](O)c3ccc(I)c(NS(C)(=O)=O)c3)ccc12. The number of halogens is 1. The number of nitrogens with zero attached hydrogens (tertiary/aromatic N) is 1. The molecule has 0 aliphatic carbocycles. The number of fused-ring (bicyclic) bond motifs is 1. The molecule has 0 spiro atoms. The van der Waals surface area contributed by atoms with Crippen molar-refractivity contribution in [3.63, 3.8) is 0 Å². The standard InChI is InChI=1S/C21H27IN4O4S/c1-13(2)21-16-6-5-15(11-18(16)24-25-21)30-9-8-23-12-20(27)14-4-7-17(22)19(10-14)26-31(3,28)29/h4-7,10-11,13,20,23,26-27H,8-9,12H2,1-3H3,(H,24,25)/t20-/m0/s1. The van der Waals surface area contributed by atoms with Crippen LogP contribution in [0.1, 0.15) is 37.1 Å². The van der Waals surface area contributed by atoms with E-state index in [0.29, 0.717) is 36.9 Å². The topological polar surface area (TPSA) is 116 Å². The van der Waals surface area contributed by atoms with E-state index in [2.05, 4.69) is 34.1 Å². The lowest BCUT2D eigenvalue weighted by Gasteiger charge is -2.15. The van der Waals surface area contributed by atoms with Crippen molar-refractivity contribution < 1.29 is 18.3 Å². The molecule has 10 heteroatoms. The molecule has 0 fully saturated rings. The fourth-order valence-electron chi connectivity index (χ4n) is 3.17. The van der Waals surface area contributed by atoms with E-state index in [-0.39, 0.29) is 0 Å². The third kappa shape index (κ3) is 6.55. The number of aromatic amines is 1. The maximum absolute atomic E-state index is 11.5. The molecule has 8 nitrogen and oxygen atoms in total. The van der Waals surface area contributed by atoms with Crippen molar-refractivity contribution in [3.05, 3.63) is 51.2 Å². The van der Waals surface area contributed by atoms with E-state index in [1.807, 2.05) is 40.8 Å². The van der Waals surface area contributed by atoms with Crippen LogP contribution < -0.4 is 14.8 Å². The number of aliphatic hydroxyl groups excluding tert-OH is 1. The van der Waals surface area contributed by atoms with Crippen LogP contribution in [-0.2, 0) is 10.0 Å². The smallest absolute Gasteiger partial charge is 0.229 e. The zero-order valence-corrected chi connectivity index (χ0v) is 20.6. The Labute approximate surface area is 196 Å². The van der Waals surface area contributed by atoms with Crippen molar-refractivity contribution in [2.24, 2.45) is 0 Å². The van der Waals surface area contributed by atoms with E-state index >= 15 is 0 Å². The molecule has 0 aliphatic heterocycles. The number of nitrogens with one attached hydrogen (secondary N) is 3. The molecule has 3 rings (SSSR count). The molecule has 1 atom stereocenters. The lowest BCUT2D eigenvalue weighted by molar-refractivity contribution is 0.172. The lowest BCUT2D eigenvalue weighted by Crippen LogP contribution is -2.26. The van der Waals surface area contributed by atoms with Crippen molar-refractivity contribution >= 4 is 49.2 Å². The Hall–Kier alpha value is -1.89. The maximum Gasteiger partial charge on any atom is 0.229 e. The molecule has 0 saturated carbocycles. The molecule has 2 aromatic carbocycles. The normalized spacial score (nSPS) is 13.0. The fraction of sp³-hybridized carbons (Fsp3) is 0.381. The molecule has 0 amide bonds. The summed E-state index contributed by atoms with van der Waals surface area (Å²) in [4.78, 5) is 0. The minimum Gasteiger partial charge on any atom is -0.492 e. The highest BCUT2D eigenvalue weighted by atomic mass is 127. The third-order valence-electron chi connectivity index (χ3n) is 4.69. The van der Waals surface area contributed by atoms with Gasteiger partial charge in [-0.3, -0.25) is 9.82 Å². The van der Waals surface area contributed by atoms with E-state index in [0.717, 1.165) is 32.2 Å². The van der Waals surface area contributed by atoms with Crippen molar-refractivity contribution in [1.82, 2.24) is 15.5 Å². The molecule has 0 saturated heterocycles. The van der Waals surface area contributed by atoms with Gasteiger partial charge in [-0.05, 0) is 58.3 Å². The summed E-state index contributed by atoms with van der Waals surface area (Å²) in [5.74, 6) is 1.12. The summed E-state index contributed by atoms with van der Waals surface area (Å²) < 4.78 is 32.0. The van der Waals surface area contributed by atoms with Gasteiger partial charge in [-0.1, -0.05) is 19.9 Å². The van der Waals surface area contributed by atoms with Gasteiger partial charge >= 0.3 is 0 Å². The van der Waals surface area contributed by atoms with Crippen LogP contribution in [0.4, 0.5) is 5.69 Å². The first-order valence-corrected chi connectivity index (χ1v) is 12.9. The summed E-state index contributed by atoms with van der Waals surface area (Å²) >= 11 is 2.05. The van der Waals surface area contributed by atoms with Crippen molar-refractivity contribution in [3.8, 4) is 5.75 Å². The number of sulfonamides is 1. The second-order valence-corrected chi connectivity index (χ2v) is 10.6. The molecule has 0 bridgehead atoms. The quantitative estimate of drug-likeness (QED) is 0.224. The molecular weight excluding hydrogens is 531 g/mol. The molecule has 31 heavy (non-hydrogen) atoms. The third-order valence-corrected chi connectivity index (χ3v) is 6.22. The first-order chi connectivity index (χ1) is 14.6. The van der Waals surface area contributed by atoms with E-state index in [9.17, 15) is 13.5 Å². The molecule has 1 aromatic heterocycles. The van der Waals surface area contributed by atoms with Gasteiger partial charge in [-0.25, -0.2) is 8.42 Å². The molecule has 3 aromatic rings. The highest BCUT2D eigenvalue weighted by Gasteiger charge is 2.13. The fourth-order valence-corrected chi connectivity index (χ4v) is 4.39. The second-order valence-electron chi connectivity index (χ2n) is 7.65. The summed E-state index contributed by atoms with van der Waals surface area (Å²) in [6, 6.07) is 11.1. The number of benzene rings is 2. The van der Waals surface area contributed by atoms with Gasteiger partial charge in [0.05, 0.1) is 23.6 Å². The Bertz CT molecular complexity index is 1150. The molecule has 0 radical (unpaired) electrons. The number of H-pyrrole nitrogens is 1. The number of anilines is 1. The minimum absolute atomic E-state index is 0.318. The van der Waals surface area contributed by atoms with Gasteiger partial charge in [0.1, 0.15) is 12.4 Å². The highest BCUT2D eigenvalue weighted by Crippen LogP contribution is 2.26. The molecule has 0 aliphatic rings. The zero-order chi connectivity index (χ0) is 22.6. The van der Waals surface area contributed by atoms with Gasteiger partial charge in [0, 0.05) is 33.8 Å². The largest absolute Gasteiger partial charge is 0.492 e. The molecule has 1 heterocycles. The average molecular weight is 558 g/mol. The van der Waals surface area contributed by atoms with Gasteiger partial charge in [0.2, 0.25) is 10.0 Å². The molecule has 4 N–H and O–H groups in total. The van der Waals surface area contributed by atoms with Crippen LogP contribution in [-0.4, -0.2) is 49.7 Å². The average Bonchev–Trinajstić information content (AvgIpc) is 3.11. The van der Waals surface area contributed by atoms with Crippen molar-refractivity contribution in [1.29, 1.82) is 0 Å². The van der Waals surface area contributed by atoms with Gasteiger partial charge in [0.25, 0.3) is 0 Å². The Kier molecular flexibility index (Phi) is 7.78. The van der Waals surface area contributed by atoms with Gasteiger partial charge in [0.15, 0.2) is 0 Å².